The van der Waals surface area contributed by atoms with Crippen LogP contribution < -0.4 is 5.90 Å². The van der Waals surface area contributed by atoms with Gasteiger partial charge in [0.1, 0.15) is 0 Å². The average Bonchev–Trinajstić information content (AvgIpc) is 2.16. The summed E-state index contributed by atoms with van der Waals surface area (Å²) in [6.07, 6.45) is 7.07. The summed E-state index contributed by atoms with van der Waals surface area (Å²) >= 11 is 0. The zero-order valence-electron chi connectivity index (χ0n) is 9.20. The lowest BCUT2D eigenvalue weighted by Crippen LogP contribution is -2.00. The minimum atomic E-state index is -2.96. The van der Waals surface area contributed by atoms with Crippen LogP contribution in [0.25, 0.3) is 0 Å². The first kappa shape index (κ1) is 14.1. The fraction of sp³-hybridized carbons (Fsp3) is 1.00. The van der Waals surface area contributed by atoms with Gasteiger partial charge in [-0.3, -0.25) is 4.57 Å². The SMILES string of the molecule is CCCCCCCCOP(C)(=O)ON. The third kappa shape index (κ3) is 8.70. The van der Waals surface area contributed by atoms with Gasteiger partial charge in [-0.1, -0.05) is 39.0 Å². The van der Waals surface area contributed by atoms with Crippen LogP contribution in [0.4, 0.5) is 0 Å². The van der Waals surface area contributed by atoms with E-state index in [4.69, 9.17) is 10.4 Å². The average molecular weight is 223 g/mol. The number of nitrogens with two attached hydrogens (primary N) is 1. The molecule has 0 rings (SSSR count). The van der Waals surface area contributed by atoms with E-state index >= 15 is 0 Å². The highest BCUT2D eigenvalue weighted by Gasteiger charge is 2.13. The zero-order chi connectivity index (χ0) is 10.9. The van der Waals surface area contributed by atoms with Crippen molar-refractivity contribution in [3.63, 3.8) is 0 Å². The first-order chi connectivity index (χ1) is 6.62. The minimum absolute atomic E-state index is 0.469. The quantitative estimate of drug-likeness (QED) is 0.370. The molecule has 0 aromatic carbocycles. The molecule has 0 aliphatic carbocycles. The topological polar surface area (TPSA) is 61.5 Å². The molecule has 0 aromatic rings. The standard InChI is InChI=1S/C9H22NO3P/c1-3-4-5-6-7-8-9-12-14(2,11)13-10/h3-10H2,1-2H3. The van der Waals surface area contributed by atoms with E-state index in [1.165, 1.54) is 32.3 Å². The maximum absolute atomic E-state index is 11.1. The monoisotopic (exact) mass is 223 g/mol. The molecule has 0 bridgehead atoms. The van der Waals surface area contributed by atoms with Crippen molar-refractivity contribution >= 4 is 7.60 Å². The molecular weight excluding hydrogens is 201 g/mol. The molecule has 0 fully saturated rings. The molecule has 0 aromatic heterocycles. The third-order valence-electron chi connectivity index (χ3n) is 2.02. The lowest BCUT2D eigenvalue weighted by atomic mass is 10.1. The van der Waals surface area contributed by atoms with Crippen molar-refractivity contribution < 1.29 is 13.7 Å². The summed E-state index contributed by atoms with van der Waals surface area (Å²) in [6.45, 7) is 4.04. The molecule has 1 atom stereocenters. The maximum Gasteiger partial charge on any atom is 0.343 e. The van der Waals surface area contributed by atoms with Gasteiger partial charge in [0.05, 0.1) is 6.61 Å². The van der Waals surface area contributed by atoms with Crippen LogP contribution >= 0.6 is 7.60 Å². The van der Waals surface area contributed by atoms with Crippen LogP contribution in [0, 0.1) is 0 Å². The second kappa shape index (κ2) is 8.42. The Labute approximate surface area is 86.6 Å². The van der Waals surface area contributed by atoms with Crippen molar-refractivity contribution in [3.05, 3.63) is 0 Å². The smallest absolute Gasteiger partial charge is 0.308 e. The first-order valence-electron chi connectivity index (χ1n) is 5.23. The molecule has 0 aliphatic heterocycles. The Morgan fingerprint density at radius 2 is 1.71 bits per heavy atom. The third-order valence-corrected chi connectivity index (χ3v) is 3.05. The van der Waals surface area contributed by atoms with Crippen LogP contribution in [0.1, 0.15) is 45.4 Å². The molecule has 4 nitrogen and oxygen atoms in total. The number of unbranched alkanes of at least 4 members (excludes halogenated alkanes) is 5. The highest BCUT2D eigenvalue weighted by atomic mass is 31.2. The summed E-state index contributed by atoms with van der Waals surface area (Å²) in [5.74, 6) is 4.80. The summed E-state index contributed by atoms with van der Waals surface area (Å²) in [5, 5.41) is 0. The van der Waals surface area contributed by atoms with E-state index in [9.17, 15) is 4.57 Å². The van der Waals surface area contributed by atoms with Gasteiger partial charge in [0.2, 0.25) is 0 Å². The number of rotatable bonds is 9. The molecule has 1 unspecified atom stereocenters. The van der Waals surface area contributed by atoms with Crippen molar-refractivity contribution in [1.29, 1.82) is 0 Å². The van der Waals surface area contributed by atoms with Gasteiger partial charge in [0.15, 0.2) is 0 Å². The van der Waals surface area contributed by atoms with Crippen LogP contribution in [-0.4, -0.2) is 13.3 Å². The molecule has 5 heteroatoms. The lowest BCUT2D eigenvalue weighted by Gasteiger charge is -2.09. The van der Waals surface area contributed by atoms with E-state index in [1.807, 2.05) is 0 Å². The molecule has 2 N–H and O–H groups in total. The molecule has 0 aliphatic rings. The normalized spacial score (nSPS) is 15.4. The lowest BCUT2D eigenvalue weighted by molar-refractivity contribution is 0.209. The Hall–Kier alpha value is 0.110. The van der Waals surface area contributed by atoms with Gasteiger partial charge in [-0.25, -0.2) is 10.5 Å². The van der Waals surface area contributed by atoms with E-state index in [0.717, 1.165) is 12.8 Å². The molecule has 14 heavy (non-hydrogen) atoms. The molecule has 0 amide bonds. The van der Waals surface area contributed by atoms with Crippen molar-refractivity contribution in [2.75, 3.05) is 13.3 Å². The van der Waals surface area contributed by atoms with Gasteiger partial charge in [0.25, 0.3) is 0 Å². The van der Waals surface area contributed by atoms with Crippen LogP contribution in [0.5, 0.6) is 0 Å². The molecule has 0 saturated carbocycles. The highest BCUT2D eigenvalue weighted by Crippen LogP contribution is 2.41. The Kier molecular flexibility index (Phi) is 8.49. The highest BCUT2D eigenvalue weighted by molar-refractivity contribution is 7.52. The van der Waals surface area contributed by atoms with E-state index in [1.54, 1.807) is 0 Å². The van der Waals surface area contributed by atoms with Gasteiger partial charge in [-0.2, -0.15) is 0 Å². The minimum Gasteiger partial charge on any atom is -0.308 e. The van der Waals surface area contributed by atoms with Gasteiger partial charge < -0.3 is 4.52 Å². The van der Waals surface area contributed by atoms with Crippen LogP contribution in [-0.2, 0) is 13.7 Å². The van der Waals surface area contributed by atoms with Gasteiger partial charge in [0, 0.05) is 6.66 Å². The largest absolute Gasteiger partial charge is 0.343 e. The van der Waals surface area contributed by atoms with Crippen molar-refractivity contribution in [3.8, 4) is 0 Å². The summed E-state index contributed by atoms with van der Waals surface area (Å²) in [5.41, 5.74) is 0. The van der Waals surface area contributed by atoms with Gasteiger partial charge >= 0.3 is 7.60 Å². The van der Waals surface area contributed by atoms with Crippen LogP contribution in [0.2, 0.25) is 0 Å². The van der Waals surface area contributed by atoms with E-state index < -0.39 is 7.60 Å². The molecule has 0 heterocycles. The van der Waals surface area contributed by atoms with E-state index in [-0.39, 0.29) is 0 Å². The summed E-state index contributed by atoms with van der Waals surface area (Å²) in [4.78, 5) is 0. The Balaban J connectivity index is 3.17. The van der Waals surface area contributed by atoms with E-state index in [0.29, 0.717) is 6.61 Å². The van der Waals surface area contributed by atoms with Crippen LogP contribution in [0.3, 0.4) is 0 Å². The molecule has 0 saturated heterocycles. The van der Waals surface area contributed by atoms with Crippen LogP contribution in [0.15, 0.2) is 0 Å². The summed E-state index contributed by atoms with van der Waals surface area (Å²) < 4.78 is 20.4. The molecule has 86 valence electrons. The van der Waals surface area contributed by atoms with Crippen molar-refractivity contribution in [1.82, 2.24) is 0 Å². The number of hydrogen-bond donors (Lipinski definition) is 1. The Morgan fingerprint density at radius 3 is 2.29 bits per heavy atom. The second-order valence-electron chi connectivity index (χ2n) is 3.48. The fourth-order valence-electron chi connectivity index (χ4n) is 1.14. The summed E-state index contributed by atoms with van der Waals surface area (Å²) in [7, 11) is -2.96. The second-order valence-corrected chi connectivity index (χ2v) is 5.49. The molecule has 0 radical (unpaired) electrons. The predicted molar refractivity (Wildman–Crippen MR) is 58.1 cm³/mol. The Bertz CT molecular complexity index is 175. The van der Waals surface area contributed by atoms with Crippen molar-refractivity contribution in [2.24, 2.45) is 5.90 Å². The van der Waals surface area contributed by atoms with Gasteiger partial charge in [-0.05, 0) is 6.42 Å². The first-order valence-corrected chi connectivity index (χ1v) is 7.22. The zero-order valence-corrected chi connectivity index (χ0v) is 10.1. The number of hydrogen-bond acceptors (Lipinski definition) is 4. The maximum atomic E-state index is 11.1. The molecule has 0 spiro atoms. The fourth-order valence-corrected chi connectivity index (χ4v) is 1.66. The van der Waals surface area contributed by atoms with E-state index in [2.05, 4.69) is 11.5 Å². The molecular formula is C9H22NO3P. The predicted octanol–water partition coefficient (Wildman–Crippen LogP) is 3.08. The van der Waals surface area contributed by atoms with Crippen molar-refractivity contribution in [2.45, 2.75) is 45.4 Å². The Morgan fingerprint density at radius 1 is 1.14 bits per heavy atom. The summed E-state index contributed by atoms with van der Waals surface area (Å²) in [6, 6.07) is 0. The van der Waals surface area contributed by atoms with Gasteiger partial charge in [-0.15, -0.1) is 0 Å².